The van der Waals surface area contributed by atoms with Crippen molar-refractivity contribution in [1.29, 1.82) is 0 Å². The van der Waals surface area contributed by atoms with Crippen molar-refractivity contribution in [3.05, 3.63) is 23.9 Å². The molecule has 0 radical (unpaired) electrons. The first-order valence-corrected chi connectivity index (χ1v) is 4.21. The van der Waals surface area contributed by atoms with Crippen LogP contribution in [0.3, 0.4) is 0 Å². The quantitative estimate of drug-likeness (QED) is 0.704. The van der Waals surface area contributed by atoms with Gasteiger partial charge in [-0.2, -0.15) is 0 Å². The van der Waals surface area contributed by atoms with Crippen molar-refractivity contribution >= 4 is 5.82 Å². The molecule has 0 aliphatic heterocycles. The summed E-state index contributed by atoms with van der Waals surface area (Å²) in [5.74, 6) is 0.922. The van der Waals surface area contributed by atoms with E-state index in [1.165, 1.54) is 0 Å². The molecule has 0 aromatic carbocycles. The molecular formula is C9H15N3. The predicted octanol–water partition coefficient (Wildman–Crippen LogP) is 1.23. The lowest BCUT2D eigenvalue weighted by molar-refractivity contribution is 0.711. The summed E-state index contributed by atoms with van der Waals surface area (Å²) in [6.07, 6.45) is 0. The molecule has 3 heteroatoms. The molecule has 0 bridgehead atoms. The summed E-state index contributed by atoms with van der Waals surface area (Å²) in [5.41, 5.74) is 1.07. The lowest BCUT2D eigenvalue weighted by Gasteiger charge is -2.03. The highest BCUT2D eigenvalue weighted by Gasteiger charge is 1.93. The zero-order valence-corrected chi connectivity index (χ0v) is 7.59. The summed E-state index contributed by atoms with van der Waals surface area (Å²) in [6.45, 7) is 3.90. The fraction of sp³-hybridized carbons (Fsp3) is 0.444. The molecule has 0 fully saturated rings. The molecule has 1 aromatic rings. The maximum Gasteiger partial charge on any atom is 0.126 e. The Bertz CT molecular complexity index is 235. The van der Waals surface area contributed by atoms with Gasteiger partial charge in [0.05, 0.1) is 5.69 Å². The maximum atomic E-state index is 4.36. The van der Waals surface area contributed by atoms with E-state index in [0.29, 0.717) is 0 Å². The van der Waals surface area contributed by atoms with Gasteiger partial charge in [-0.15, -0.1) is 0 Å². The lowest BCUT2D eigenvalue weighted by atomic mass is 10.3. The third-order valence-corrected chi connectivity index (χ3v) is 1.62. The van der Waals surface area contributed by atoms with Gasteiger partial charge in [-0.1, -0.05) is 13.0 Å². The molecule has 0 amide bonds. The third kappa shape index (κ3) is 2.51. The number of hydrogen-bond acceptors (Lipinski definition) is 3. The van der Waals surface area contributed by atoms with Gasteiger partial charge in [-0.3, -0.25) is 0 Å². The number of nitrogens with one attached hydrogen (secondary N) is 2. The SMILES string of the molecule is CCNCc1cccc(NC)n1. The molecule has 0 atom stereocenters. The van der Waals surface area contributed by atoms with Gasteiger partial charge in [0.25, 0.3) is 0 Å². The normalized spacial score (nSPS) is 9.83. The smallest absolute Gasteiger partial charge is 0.126 e. The predicted molar refractivity (Wildman–Crippen MR) is 51.2 cm³/mol. The van der Waals surface area contributed by atoms with Crippen molar-refractivity contribution in [2.75, 3.05) is 18.9 Å². The molecule has 12 heavy (non-hydrogen) atoms. The van der Waals surface area contributed by atoms with E-state index < -0.39 is 0 Å². The Kier molecular flexibility index (Phi) is 3.54. The van der Waals surface area contributed by atoms with Gasteiger partial charge in [-0.05, 0) is 18.7 Å². The van der Waals surface area contributed by atoms with Gasteiger partial charge < -0.3 is 10.6 Å². The second-order valence-electron chi connectivity index (χ2n) is 2.54. The highest BCUT2D eigenvalue weighted by Crippen LogP contribution is 2.02. The number of pyridine rings is 1. The molecule has 2 N–H and O–H groups in total. The molecule has 0 saturated carbocycles. The topological polar surface area (TPSA) is 37.0 Å². The average molecular weight is 165 g/mol. The molecule has 0 aliphatic carbocycles. The second-order valence-corrected chi connectivity index (χ2v) is 2.54. The maximum absolute atomic E-state index is 4.36. The number of aromatic nitrogens is 1. The summed E-state index contributed by atoms with van der Waals surface area (Å²) >= 11 is 0. The summed E-state index contributed by atoms with van der Waals surface area (Å²) in [6, 6.07) is 5.98. The molecule has 0 unspecified atom stereocenters. The van der Waals surface area contributed by atoms with E-state index in [2.05, 4.69) is 22.5 Å². The van der Waals surface area contributed by atoms with Crippen molar-refractivity contribution in [2.45, 2.75) is 13.5 Å². The summed E-state index contributed by atoms with van der Waals surface area (Å²) in [7, 11) is 1.87. The molecule has 0 aliphatic rings. The van der Waals surface area contributed by atoms with Crippen LogP contribution in [-0.2, 0) is 6.54 Å². The molecule has 1 rings (SSSR count). The minimum atomic E-state index is 0.839. The van der Waals surface area contributed by atoms with Gasteiger partial charge in [0, 0.05) is 13.6 Å². The Morgan fingerprint density at radius 2 is 2.25 bits per heavy atom. The number of hydrogen-bond donors (Lipinski definition) is 2. The Morgan fingerprint density at radius 3 is 2.92 bits per heavy atom. The number of anilines is 1. The van der Waals surface area contributed by atoms with Crippen LogP contribution < -0.4 is 10.6 Å². The summed E-state index contributed by atoms with van der Waals surface area (Å²) in [4.78, 5) is 4.36. The lowest BCUT2D eigenvalue weighted by Crippen LogP contribution is -2.13. The Labute approximate surface area is 73.2 Å². The van der Waals surface area contributed by atoms with Crippen molar-refractivity contribution in [3.63, 3.8) is 0 Å². The molecule has 0 spiro atoms. The molecule has 0 saturated heterocycles. The average Bonchev–Trinajstić information content (AvgIpc) is 2.15. The van der Waals surface area contributed by atoms with Crippen LogP contribution in [-0.4, -0.2) is 18.6 Å². The largest absolute Gasteiger partial charge is 0.373 e. The zero-order chi connectivity index (χ0) is 8.81. The number of rotatable bonds is 4. The number of nitrogens with zero attached hydrogens (tertiary/aromatic N) is 1. The molecule has 1 heterocycles. The van der Waals surface area contributed by atoms with Crippen molar-refractivity contribution in [1.82, 2.24) is 10.3 Å². The van der Waals surface area contributed by atoms with E-state index in [0.717, 1.165) is 24.6 Å². The zero-order valence-electron chi connectivity index (χ0n) is 7.59. The van der Waals surface area contributed by atoms with Gasteiger partial charge in [0.1, 0.15) is 5.82 Å². The van der Waals surface area contributed by atoms with Crippen LogP contribution in [0.2, 0.25) is 0 Å². The molecular weight excluding hydrogens is 150 g/mol. The highest BCUT2D eigenvalue weighted by atomic mass is 15.0. The summed E-state index contributed by atoms with van der Waals surface area (Å²) < 4.78 is 0. The van der Waals surface area contributed by atoms with Gasteiger partial charge in [0.2, 0.25) is 0 Å². The second kappa shape index (κ2) is 4.72. The van der Waals surface area contributed by atoms with Gasteiger partial charge in [0.15, 0.2) is 0 Å². The van der Waals surface area contributed by atoms with Gasteiger partial charge in [-0.25, -0.2) is 4.98 Å². The first-order chi connectivity index (χ1) is 5.86. The first-order valence-electron chi connectivity index (χ1n) is 4.21. The van der Waals surface area contributed by atoms with Crippen LogP contribution in [0.1, 0.15) is 12.6 Å². The monoisotopic (exact) mass is 165 g/mol. The van der Waals surface area contributed by atoms with Crippen LogP contribution >= 0.6 is 0 Å². The van der Waals surface area contributed by atoms with Gasteiger partial charge >= 0.3 is 0 Å². The standard InChI is InChI=1S/C9H15N3/c1-3-11-7-8-5-4-6-9(10-2)12-8/h4-6,11H,3,7H2,1-2H3,(H,10,12). The fourth-order valence-electron chi connectivity index (χ4n) is 0.970. The van der Waals surface area contributed by atoms with Crippen molar-refractivity contribution in [3.8, 4) is 0 Å². The minimum absolute atomic E-state index is 0.839. The Morgan fingerprint density at radius 1 is 1.42 bits per heavy atom. The van der Waals surface area contributed by atoms with E-state index in [-0.39, 0.29) is 0 Å². The van der Waals surface area contributed by atoms with Crippen LogP contribution in [0, 0.1) is 0 Å². The molecule has 1 aromatic heterocycles. The van der Waals surface area contributed by atoms with Crippen LogP contribution in [0.15, 0.2) is 18.2 Å². The Balaban J connectivity index is 2.60. The Hall–Kier alpha value is -1.09. The van der Waals surface area contributed by atoms with E-state index in [4.69, 9.17) is 0 Å². The highest BCUT2D eigenvalue weighted by molar-refractivity contribution is 5.34. The van der Waals surface area contributed by atoms with E-state index >= 15 is 0 Å². The summed E-state index contributed by atoms with van der Waals surface area (Å²) in [5, 5.41) is 6.23. The third-order valence-electron chi connectivity index (χ3n) is 1.62. The van der Waals surface area contributed by atoms with Crippen LogP contribution in [0.25, 0.3) is 0 Å². The van der Waals surface area contributed by atoms with Crippen molar-refractivity contribution in [2.24, 2.45) is 0 Å². The van der Waals surface area contributed by atoms with Crippen LogP contribution in [0.5, 0.6) is 0 Å². The van der Waals surface area contributed by atoms with Crippen molar-refractivity contribution < 1.29 is 0 Å². The minimum Gasteiger partial charge on any atom is -0.373 e. The van der Waals surface area contributed by atoms with E-state index in [9.17, 15) is 0 Å². The van der Waals surface area contributed by atoms with E-state index in [1.54, 1.807) is 0 Å². The first kappa shape index (κ1) is 9.00. The van der Waals surface area contributed by atoms with Crippen LogP contribution in [0.4, 0.5) is 5.82 Å². The van der Waals surface area contributed by atoms with E-state index in [1.807, 2.05) is 25.2 Å². The molecule has 66 valence electrons. The molecule has 3 nitrogen and oxygen atoms in total. The fourth-order valence-corrected chi connectivity index (χ4v) is 0.970.